The monoisotopic (exact) mass is 386 g/mol. The van der Waals surface area contributed by atoms with Crippen LogP contribution in [0.2, 0.25) is 0 Å². The van der Waals surface area contributed by atoms with Gasteiger partial charge >= 0.3 is 0 Å². The third kappa shape index (κ3) is 4.31. The number of carbonyl (C=O) groups is 1. The Bertz CT molecular complexity index is 719. The molecule has 2 aliphatic rings. The van der Waals surface area contributed by atoms with Gasteiger partial charge in [0, 0.05) is 12.6 Å². The molecular weight excluding hydrogens is 360 g/mol. The summed E-state index contributed by atoms with van der Waals surface area (Å²) in [5, 5.41) is 13.9. The molecule has 25 heavy (non-hydrogen) atoms. The van der Waals surface area contributed by atoms with Gasteiger partial charge < -0.3 is 10.6 Å². The Morgan fingerprint density at radius 2 is 2.12 bits per heavy atom. The van der Waals surface area contributed by atoms with Crippen LogP contribution in [-0.2, 0) is 14.6 Å². The van der Waals surface area contributed by atoms with E-state index < -0.39 is 21.5 Å². The minimum atomic E-state index is -3.75. The standard InChI is InChI=1S/C16H26N4O3S2/c1-3-6-17-15-19-20-16(24-15)25(22,23)9-14(21)18-10(2)13-8-11-4-5-12(13)7-11/h10-13H,3-9H2,1-2H3,(H,17,19)(H,18,21)/t10-,11-,12-,13+/m0/s1. The lowest BCUT2D eigenvalue weighted by atomic mass is 9.84. The van der Waals surface area contributed by atoms with Crippen molar-refractivity contribution in [3.05, 3.63) is 0 Å². The van der Waals surface area contributed by atoms with Crippen molar-refractivity contribution in [3.63, 3.8) is 0 Å². The highest BCUT2D eigenvalue weighted by Gasteiger charge is 2.42. The summed E-state index contributed by atoms with van der Waals surface area (Å²) in [6.45, 7) is 4.71. The van der Waals surface area contributed by atoms with Crippen LogP contribution in [0.25, 0.3) is 0 Å². The van der Waals surface area contributed by atoms with E-state index in [0.717, 1.165) is 30.1 Å². The number of fused-ring (bicyclic) bond motifs is 2. The van der Waals surface area contributed by atoms with Crippen molar-refractivity contribution in [2.75, 3.05) is 17.6 Å². The maximum absolute atomic E-state index is 12.4. The highest BCUT2D eigenvalue weighted by molar-refractivity contribution is 7.94. The molecule has 1 heterocycles. The molecule has 2 fully saturated rings. The Morgan fingerprint density at radius 3 is 2.76 bits per heavy atom. The summed E-state index contributed by atoms with van der Waals surface area (Å²) >= 11 is 0.974. The minimum absolute atomic E-state index is 0.0224. The van der Waals surface area contributed by atoms with Crippen LogP contribution in [0.1, 0.15) is 46.0 Å². The predicted molar refractivity (Wildman–Crippen MR) is 97.3 cm³/mol. The average Bonchev–Trinajstić information content (AvgIpc) is 3.28. The van der Waals surface area contributed by atoms with Gasteiger partial charge in [0.05, 0.1) is 0 Å². The van der Waals surface area contributed by atoms with E-state index in [1.165, 1.54) is 19.3 Å². The minimum Gasteiger partial charge on any atom is -0.360 e. The summed E-state index contributed by atoms with van der Waals surface area (Å²) in [7, 11) is -3.75. The highest BCUT2D eigenvalue weighted by atomic mass is 32.2. The Balaban J connectivity index is 1.55. The van der Waals surface area contributed by atoms with Gasteiger partial charge in [0.25, 0.3) is 0 Å². The number of nitrogens with one attached hydrogen (secondary N) is 2. The molecule has 140 valence electrons. The second-order valence-corrected chi connectivity index (χ2v) is 10.4. The van der Waals surface area contributed by atoms with E-state index >= 15 is 0 Å². The van der Waals surface area contributed by atoms with Gasteiger partial charge in [-0.2, -0.15) is 0 Å². The number of amides is 1. The number of sulfone groups is 1. The fourth-order valence-corrected chi connectivity index (χ4v) is 6.32. The predicted octanol–water partition coefficient (Wildman–Crippen LogP) is 2.07. The van der Waals surface area contributed by atoms with Crippen LogP contribution in [0.3, 0.4) is 0 Å². The van der Waals surface area contributed by atoms with Gasteiger partial charge in [0.1, 0.15) is 5.75 Å². The van der Waals surface area contributed by atoms with E-state index in [0.29, 0.717) is 23.5 Å². The highest BCUT2D eigenvalue weighted by Crippen LogP contribution is 2.49. The smallest absolute Gasteiger partial charge is 0.235 e. The molecule has 2 N–H and O–H groups in total. The lowest BCUT2D eigenvalue weighted by Crippen LogP contribution is -2.42. The summed E-state index contributed by atoms with van der Waals surface area (Å²) in [5.41, 5.74) is 0. The van der Waals surface area contributed by atoms with Gasteiger partial charge in [-0.1, -0.05) is 24.7 Å². The third-order valence-corrected chi connectivity index (χ3v) is 8.29. The maximum Gasteiger partial charge on any atom is 0.235 e. The van der Waals surface area contributed by atoms with Crippen LogP contribution in [0.4, 0.5) is 5.13 Å². The van der Waals surface area contributed by atoms with E-state index in [1.54, 1.807) is 0 Å². The van der Waals surface area contributed by atoms with Crippen LogP contribution in [0.15, 0.2) is 4.34 Å². The zero-order chi connectivity index (χ0) is 18.0. The van der Waals surface area contributed by atoms with Crippen molar-refractivity contribution in [3.8, 4) is 0 Å². The molecule has 0 saturated heterocycles. The molecule has 3 rings (SSSR count). The normalized spacial score (nSPS) is 26.6. The number of hydrogen-bond donors (Lipinski definition) is 2. The molecule has 0 aliphatic heterocycles. The van der Waals surface area contributed by atoms with Crippen molar-refractivity contribution in [2.24, 2.45) is 17.8 Å². The van der Waals surface area contributed by atoms with Gasteiger partial charge in [-0.15, -0.1) is 10.2 Å². The molecule has 1 aromatic heterocycles. The van der Waals surface area contributed by atoms with E-state index in [-0.39, 0.29) is 10.4 Å². The van der Waals surface area contributed by atoms with Crippen molar-refractivity contribution < 1.29 is 13.2 Å². The number of aromatic nitrogens is 2. The van der Waals surface area contributed by atoms with Crippen LogP contribution in [0.5, 0.6) is 0 Å². The zero-order valence-corrected chi connectivity index (χ0v) is 16.3. The average molecular weight is 387 g/mol. The summed E-state index contributed by atoms with van der Waals surface area (Å²) in [5.74, 6) is 0.951. The molecule has 0 aromatic carbocycles. The lowest BCUT2D eigenvalue weighted by Gasteiger charge is -2.28. The first-order chi connectivity index (χ1) is 11.9. The van der Waals surface area contributed by atoms with E-state index in [2.05, 4.69) is 20.8 Å². The first kappa shape index (κ1) is 18.6. The molecule has 0 radical (unpaired) electrons. The Hall–Kier alpha value is -1.22. The fraction of sp³-hybridized carbons (Fsp3) is 0.812. The van der Waals surface area contributed by atoms with Crippen LogP contribution in [0, 0.1) is 17.8 Å². The lowest BCUT2D eigenvalue weighted by molar-refractivity contribution is -0.119. The maximum atomic E-state index is 12.4. The number of nitrogens with zero attached hydrogens (tertiary/aromatic N) is 2. The molecule has 0 spiro atoms. The number of hydrogen-bond acceptors (Lipinski definition) is 7. The number of anilines is 1. The summed E-state index contributed by atoms with van der Waals surface area (Å²) < 4.78 is 24.7. The van der Waals surface area contributed by atoms with Crippen LogP contribution in [-0.4, -0.2) is 42.9 Å². The largest absolute Gasteiger partial charge is 0.360 e. The van der Waals surface area contributed by atoms with Crippen molar-refractivity contribution in [2.45, 2.75) is 56.3 Å². The molecule has 9 heteroatoms. The SMILES string of the molecule is CCCNc1nnc(S(=O)(=O)CC(=O)N[C@@H](C)[C@H]2C[C@H]3CC[C@H]2C3)s1. The molecule has 7 nitrogen and oxygen atoms in total. The van der Waals surface area contributed by atoms with E-state index in [9.17, 15) is 13.2 Å². The molecule has 0 unspecified atom stereocenters. The van der Waals surface area contributed by atoms with Gasteiger partial charge in [-0.3, -0.25) is 4.79 Å². The van der Waals surface area contributed by atoms with Crippen molar-refractivity contribution >= 4 is 32.2 Å². The molecule has 1 amide bonds. The Morgan fingerprint density at radius 1 is 1.32 bits per heavy atom. The topological polar surface area (TPSA) is 101 Å². The molecule has 2 bridgehead atoms. The van der Waals surface area contributed by atoms with Gasteiger partial charge in [0.2, 0.25) is 25.2 Å². The molecule has 1 aromatic rings. The Kier molecular flexibility index (Phi) is 5.62. The Labute approximate surface area is 152 Å². The van der Waals surface area contributed by atoms with Crippen molar-refractivity contribution in [1.82, 2.24) is 15.5 Å². The summed E-state index contributed by atoms with van der Waals surface area (Å²) in [4.78, 5) is 12.2. The number of carbonyl (C=O) groups excluding carboxylic acids is 1. The fourth-order valence-electron chi connectivity index (χ4n) is 4.18. The van der Waals surface area contributed by atoms with Gasteiger partial charge in [-0.05, 0) is 50.4 Å². The second kappa shape index (κ2) is 7.57. The van der Waals surface area contributed by atoms with Crippen molar-refractivity contribution in [1.29, 1.82) is 0 Å². The second-order valence-electron chi connectivity index (χ2n) is 7.25. The summed E-state index contributed by atoms with van der Waals surface area (Å²) in [6, 6.07) is 0.0224. The van der Waals surface area contributed by atoms with E-state index in [4.69, 9.17) is 0 Å². The van der Waals surface area contributed by atoms with E-state index in [1.807, 2.05) is 13.8 Å². The zero-order valence-electron chi connectivity index (χ0n) is 14.7. The molecule has 4 atom stereocenters. The quantitative estimate of drug-likeness (QED) is 0.709. The molecular formula is C16H26N4O3S2. The van der Waals surface area contributed by atoms with Crippen LogP contribution < -0.4 is 10.6 Å². The first-order valence-corrected chi connectivity index (χ1v) is 11.5. The summed E-state index contributed by atoms with van der Waals surface area (Å²) in [6.07, 6.45) is 5.88. The first-order valence-electron chi connectivity index (χ1n) is 8.98. The van der Waals surface area contributed by atoms with Gasteiger partial charge in [-0.25, -0.2) is 8.42 Å². The number of rotatable bonds is 8. The van der Waals surface area contributed by atoms with Gasteiger partial charge in [0.15, 0.2) is 0 Å². The van der Waals surface area contributed by atoms with Crippen LogP contribution >= 0.6 is 11.3 Å². The molecule has 2 saturated carbocycles. The third-order valence-electron chi connectivity index (χ3n) is 5.34. The molecule has 2 aliphatic carbocycles.